The molecule has 0 aromatic heterocycles. The van der Waals surface area contributed by atoms with Gasteiger partial charge in [0, 0.05) is 18.7 Å². The highest BCUT2D eigenvalue weighted by atomic mass is 32.2. The van der Waals surface area contributed by atoms with Crippen molar-refractivity contribution in [3.8, 4) is 0 Å². The first-order valence-corrected chi connectivity index (χ1v) is 9.01. The maximum Gasteiger partial charge on any atom is 0.178 e. The van der Waals surface area contributed by atoms with E-state index in [0.29, 0.717) is 18.6 Å². The Kier molecular flexibility index (Phi) is 4.03. The molecule has 0 bridgehead atoms. The number of hydrogen-bond donors (Lipinski definition) is 1. The second kappa shape index (κ2) is 5.66. The molecule has 0 aliphatic carbocycles. The number of rotatable bonds is 2. The molecule has 2 aliphatic heterocycles. The van der Waals surface area contributed by atoms with Crippen LogP contribution in [0.15, 0.2) is 23.1 Å². The lowest BCUT2D eigenvalue weighted by atomic mass is 9.98. The minimum atomic E-state index is -3.27. The van der Waals surface area contributed by atoms with Crippen molar-refractivity contribution in [1.82, 2.24) is 5.32 Å². The van der Waals surface area contributed by atoms with E-state index in [1.165, 1.54) is 18.2 Å². The van der Waals surface area contributed by atoms with Gasteiger partial charge < -0.3 is 10.1 Å². The highest BCUT2D eigenvalue weighted by molar-refractivity contribution is 7.91. The molecular weight excluding hydrogens is 293 g/mol. The van der Waals surface area contributed by atoms with Gasteiger partial charge in [-0.1, -0.05) is 0 Å². The number of hydrogen-bond acceptors (Lipinski definition) is 4. The second-order valence-corrected chi connectivity index (χ2v) is 7.99. The fourth-order valence-electron chi connectivity index (χ4n) is 3.22. The summed E-state index contributed by atoms with van der Waals surface area (Å²) >= 11 is 0. The first-order valence-electron chi connectivity index (χ1n) is 7.35. The van der Waals surface area contributed by atoms with E-state index in [0.717, 1.165) is 12.8 Å². The van der Waals surface area contributed by atoms with Gasteiger partial charge in [0.2, 0.25) is 0 Å². The zero-order valence-electron chi connectivity index (χ0n) is 12.0. The second-order valence-electron chi connectivity index (χ2n) is 5.91. The van der Waals surface area contributed by atoms with Crippen molar-refractivity contribution < 1.29 is 17.5 Å². The summed E-state index contributed by atoms with van der Waals surface area (Å²) in [6.45, 7) is 2.74. The summed E-state index contributed by atoms with van der Waals surface area (Å²) in [4.78, 5) is 0.271. The Labute approximate surface area is 124 Å². The molecule has 0 radical (unpaired) electrons. The van der Waals surface area contributed by atoms with Gasteiger partial charge in [0.05, 0.1) is 16.8 Å². The lowest BCUT2D eigenvalue weighted by Crippen LogP contribution is -2.42. The molecular formula is C15H20FNO3S. The molecule has 1 aromatic carbocycles. The minimum absolute atomic E-state index is 0.102. The van der Waals surface area contributed by atoms with E-state index < -0.39 is 15.7 Å². The standard InChI is InChI=1S/C15H20FNO3S/c1-10-8-12(4-6-20-10)17-14-5-7-21(18,19)15-3-2-11(16)9-13(14)15/h2-3,9-10,12,14,17H,4-8H2,1H3. The summed E-state index contributed by atoms with van der Waals surface area (Å²) in [6.07, 6.45) is 2.49. The maximum atomic E-state index is 13.5. The van der Waals surface area contributed by atoms with E-state index >= 15 is 0 Å². The lowest BCUT2D eigenvalue weighted by Gasteiger charge is -2.34. The number of ether oxygens (including phenoxy) is 1. The zero-order valence-corrected chi connectivity index (χ0v) is 12.8. The number of benzene rings is 1. The van der Waals surface area contributed by atoms with Crippen LogP contribution in [0.2, 0.25) is 0 Å². The van der Waals surface area contributed by atoms with Gasteiger partial charge in [0.1, 0.15) is 5.82 Å². The van der Waals surface area contributed by atoms with Crippen LogP contribution in [-0.4, -0.2) is 32.9 Å². The molecule has 0 amide bonds. The third-order valence-electron chi connectivity index (χ3n) is 4.28. The van der Waals surface area contributed by atoms with Gasteiger partial charge in [-0.05, 0) is 49.9 Å². The van der Waals surface area contributed by atoms with E-state index in [4.69, 9.17) is 4.74 Å². The number of nitrogens with one attached hydrogen (secondary N) is 1. The van der Waals surface area contributed by atoms with Crippen LogP contribution in [0.5, 0.6) is 0 Å². The van der Waals surface area contributed by atoms with Gasteiger partial charge in [0.15, 0.2) is 9.84 Å². The SMILES string of the molecule is CC1CC(NC2CCS(=O)(=O)c3ccc(F)cc32)CCO1. The van der Waals surface area contributed by atoms with Crippen LogP contribution in [-0.2, 0) is 14.6 Å². The highest BCUT2D eigenvalue weighted by Gasteiger charge is 2.32. The molecule has 2 heterocycles. The van der Waals surface area contributed by atoms with E-state index in [9.17, 15) is 12.8 Å². The summed E-state index contributed by atoms with van der Waals surface area (Å²) in [6, 6.07) is 4.15. The smallest absolute Gasteiger partial charge is 0.178 e. The topological polar surface area (TPSA) is 55.4 Å². The summed E-state index contributed by atoms with van der Waals surface area (Å²) in [5, 5.41) is 3.50. The average Bonchev–Trinajstić information content (AvgIpc) is 2.42. The zero-order chi connectivity index (χ0) is 15.0. The van der Waals surface area contributed by atoms with E-state index in [1.54, 1.807) is 0 Å². The minimum Gasteiger partial charge on any atom is -0.378 e. The Morgan fingerprint density at radius 3 is 2.90 bits per heavy atom. The third-order valence-corrected chi connectivity index (χ3v) is 6.09. The Hall–Kier alpha value is -0.980. The fourth-order valence-corrected chi connectivity index (χ4v) is 4.82. The molecule has 1 saturated heterocycles. The van der Waals surface area contributed by atoms with Crippen LogP contribution in [0.4, 0.5) is 4.39 Å². The van der Waals surface area contributed by atoms with Crippen LogP contribution in [0, 0.1) is 5.82 Å². The van der Waals surface area contributed by atoms with Crippen LogP contribution in [0.25, 0.3) is 0 Å². The first kappa shape index (κ1) is 14.9. The van der Waals surface area contributed by atoms with Gasteiger partial charge in [-0.3, -0.25) is 0 Å². The Balaban J connectivity index is 1.86. The largest absolute Gasteiger partial charge is 0.378 e. The monoisotopic (exact) mass is 313 g/mol. The fraction of sp³-hybridized carbons (Fsp3) is 0.600. The first-order chi connectivity index (χ1) is 9.95. The van der Waals surface area contributed by atoms with E-state index in [1.807, 2.05) is 6.92 Å². The molecule has 6 heteroatoms. The van der Waals surface area contributed by atoms with Crippen LogP contribution < -0.4 is 5.32 Å². The van der Waals surface area contributed by atoms with Crippen LogP contribution in [0.1, 0.15) is 37.8 Å². The predicted molar refractivity (Wildman–Crippen MR) is 77.4 cm³/mol. The number of halogens is 1. The molecule has 1 fully saturated rings. The number of sulfone groups is 1. The van der Waals surface area contributed by atoms with Gasteiger partial charge in [-0.25, -0.2) is 12.8 Å². The molecule has 1 aromatic rings. The predicted octanol–water partition coefficient (Wildman–Crippen LogP) is 2.20. The van der Waals surface area contributed by atoms with Crippen molar-refractivity contribution in [3.05, 3.63) is 29.6 Å². The molecule has 21 heavy (non-hydrogen) atoms. The Morgan fingerprint density at radius 2 is 2.14 bits per heavy atom. The molecule has 0 spiro atoms. The van der Waals surface area contributed by atoms with Crippen molar-refractivity contribution in [2.24, 2.45) is 0 Å². The summed E-state index contributed by atoms with van der Waals surface area (Å²) in [5.74, 6) is -0.278. The van der Waals surface area contributed by atoms with Crippen molar-refractivity contribution in [1.29, 1.82) is 0 Å². The number of fused-ring (bicyclic) bond motifs is 1. The van der Waals surface area contributed by atoms with Gasteiger partial charge in [-0.15, -0.1) is 0 Å². The maximum absolute atomic E-state index is 13.5. The molecule has 3 atom stereocenters. The van der Waals surface area contributed by atoms with E-state index in [2.05, 4.69) is 5.32 Å². The van der Waals surface area contributed by atoms with Crippen molar-refractivity contribution in [2.45, 2.75) is 49.3 Å². The molecule has 3 unspecified atom stereocenters. The summed E-state index contributed by atoms with van der Waals surface area (Å²) in [7, 11) is -3.27. The average molecular weight is 313 g/mol. The Morgan fingerprint density at radius 1 is 1.33 bits per heavy atom. The van der Waals surface area contributed by atoms with Gasteiger partial charge in [-0.2, -0.15) is 0 Å². The molecule has 2 aliphatic rings. The lowest BCUT2D eigenvalue weighted by molar-refractivity contribution is 0.0110. The van der Waals surface area contributed by atoms with E-state index in [-0.39, 0.29) is 28.8 Å². The Bertz CT molecular complexity index is 632. The summed E-state index contributed by atoms with van der Waals surface area (Å²) in [5.41, 5.74) is 0.570. The van der Waals surface area contributed by atoms with Crippen molar-refractivity contribution in [3.63, 3.8) is 0 Å². The van der Waals surface area contributed by atoms with Crippen LogP contribution >= 0.6 is 0 Å². The quantitative estimate of drug-likeness (QED) is 0.851. The molecule has 0 saturated carbocycles. The van der Waals surface area contributed by atoms with Crippen molar-refractivity contribution >= 4 is 9.84 Å². The highest BCUT2D eigenvalue weighted by Crippen LogP contribution is 2.33. The normalized spacial score (nSPS) is 31.6. The van der Waals surface area contributed by atoms with Gasteiger partial charge >= 0.3 is 0 Å². The molecule has 116 valence electrons. The van der Waals surface area contributed by atoms with Gasteiger partial charge in [0.25, 0.3) is 0 Å². The summed E-state index contributed by atoms with van der Waals surface area (Å²) < 4.78 is 43.2. The van der Waals surface area contributed by atoms with Crippen molar-refractivity contribution in [2.75, 3.05) is 12.4 Å². The molecule has 3 rings (SSSR count). The molecule has 1 N–H and O–H groups in total. The van der Waals surface area contributed by atoms with Crippen LogP contribution in [0.3, 0.4) is 0 Å². The third kappa shape index (κ3) is 3.12. The molecule has 4 nitrogen and oxygen atoms in total.